The fourth-order valence-corrected chi connectivity index (χ4v) is 32.5. The molecule has 158 valence electrons. The Labute approximate surface area is 146 Å². The van der Waals surface area contributed by atoms with Gasteiger partial charge in [-0.25, -0.2) is 0 Å². The van der Waals surface area contributed by atoms with Gasteiger partial charge in [-0.05, 0) is 0 Å². The normalized spacial score (nSPS) is 30.5. The maximum absolute atomic E-state index is 12.9. The molecule has 16 heteroatoms. The van der Waals surface area contributed by atoms with E-state index in [0.717, 1.165) is 13.3 Å². The van der Waals surface area contributed by atoms with Crippen LogP contribution in [0, 0.1) is 0 Å². The molecule has 0 bridgehead atoms. The quantitative estimate of drug-likeness (QED) is 0.352. The second-order valence-corrected chi connectivity index (χ2v) is 27.2. The third-order valence-corrected chi connectivity index (χ3v) is 34.0. The molecule has 0 saturated carbocycles. The summed E-state index contributed by atoms with van der Waals surface area (Å²) in [5, 5.41) is 0. The predicted molar refractivity (Wildman–Crippen MR) is 86.5 cm³/mol. The summed E-state index contributed by atoms with van der Waals surface area (Å²) in [7, 11) is -12.3. The number of fused-ring (bicyclic) bond motifs is 1. The summed E-state index contributed by atoms with van der Waals surface area (Å²) in [6.07, 6.45) is -0.872. The van der Waals surface area contributed by atoms with Crippen LogP contribution in [0.1, 0.15) is 12.8 Å². The number of alkyl halides is 6. The van der Waals surface area contributed by atoms with Crippen molar-refractivity contribution in [3.05, 3.63) is 0 Å². The van der Waals surface area contributed by atoms with E-state index in [1.165, 1.54) is 0 Å². The molecule has 0 aromatic rings. The Hall–Kier alpha value is 0.260. The van der Waals surface area contributed by atoms with E-state index < -0.39 is 44.3 Å². The van der Waals surface area contributed by atoms with Crippen molar-refractivity contribution in [2.75, 3.05) is 38.0 Å². The number of hydrogen-bond acceptors (Lipinski definition) is 6. The summed E-state index contributed by atoms with van der Waals surface area (Å²) in [5.74, 6) is 0. The standard InChI is InChI=1S/C10H18F6O6P2S2/c1-23(21-25(17,18)9(11,12)13)5-3-7-24(23,2,8-4-6-23)22-26(19,20)10(14,15)16/h3-8H2,1-2H3. The summed E-state index contributed by atoms with van der Waals surface area (Å²) in [4.78, 5) is 0. The zero-order valence-corrected chi connectivity index (χ0v) is 17.1. The van der Waals surface area contributed by atoms with Gasteiger partial charge in [0, 0.05) is 0 Å². The van der Waals surface area contributed by atoms with Crippen LogP contribution in [0.25, 0.3) is 0 Å². The molecule has 2 heterocycles. The average molecular weight is 474 g/mol. The molecule has 0 aromatic carbocycles. The van der Waals surface area contributed by atoms with Crippen LogP contribution in [0.5, 0.6) is 0 Å². The second kappa shape index (κ2) is 5.44. The molecule has 0 atom stereocenters. The van der Waals surface area contributed by atoms with Crippen LogP contribution in [0.4, 0.5) is 26.3 Å². The van der Waals surface area contributed by atoms with E-state index in [-0.39, 0.29) is 37.5 Å². The zero-order chi connectivity index (χ0) is 20.6. The summed E-state index contributed by atoms with van der Waals surface area (Å²) >= 11 is 0. The minimum atomic E-state index is -6.14. The Balaban J connectivity index is 2.68. The Bertz CT molecular complexity index is 755. The van der Waals surface area contributed by atoms with Gasteiger partial charge in [-0.2, -0.15) is 0 Å². The SMILES string of the molecule is CP12(OS(=O)(=O)C(F)(F)F)CCCP1(C)(OS(=O)(=O)C(F)(F)F)CCC2. The Morgan fingerprint density at radius 3 is 1.08 bits per heavy atom. The van der Waals surface area contributed by atoms with Crippen molar-refractivity contribution < 1.29 is 51.1 Å². The molecule has 2 saturated heterocycles. The van der Waals surface area contributed by atoms with Crippen LogP contribution in [0.15, 0.2) is 0 Å². The summed E-state index contributed by atoms with van der Waals surface area (Å²) in [6, 6.07) is 0. The Morgan fingerprint density at radius 1 is 0.654 bits per heavy atom. The first kappa shape index (κ1) is 22.5. The maximum atomic E-state index is 12.9. The van der Waals surface area contributed by atoms with Crippen molar-refractivity contribution in [1.82, 2.24) is 0 Å². The van der Waals surface area contributed by atoms with Crippen LogP contribution in [-0.2, 0) is 28.2 Å². The monoisotopic (exact) mass is 474 g/mol. The third kappa shape index (κ3) is 2.82. The van der Waals surface area contributed by atoms with Crippen molar-refractivity contribution in [2.24, 2.45) is 0 Å². The molecule has 0 aromatic heterocycles. The summed E-state index contributed by atoms with van der Waals surface area (Å²) in [5.41, 5.74) is -11.6. The van der Waals surface area contributed by atoms with Gasteiger partial charge in [-0.1, -0.05) is 0 Å². The van der Waals surface area contributed by atoms with E-state index in [0.29, 0.717) is 0 Å². The third-order valence-electron chi connectivity index (χ3n) is 5.71. The van der Waals surface area contributed by atoms with Crippen molar-refractivity contribution in [3.63, 3.8) is 0 Å². The van der Waals surface area contributed by atoms with Gasteiger partial charge in [0.25, 0.3) is 0 Å². The molecule has 2 fully saturated rings. The molecule has 0 amide bonds. The molecule has 0 radical (unpaired) electrons. The van der Waals surface area contributed by atoms with Crippen molar-refractivity contribution in [3.8, 4) is 0 Å². The van der Waals surface area contributed by atoms with Crippen LogP contribution < -0.4 is 0 Å². The first-order valence-corrected chi connectivity index (χ1v) is 16.7. The Morgan fingerprint density at radius 2 is 0.885 bits per heavy atom. The van der Waals surface area contributed by atoms with E-state index in [1.807, 2.05) is 0 Å². The minimum absolute atomic E-state index is 0.0311. The van der Waals surface area contributed by atoms with Gasteiger partial charge < -0.3 is 0 Å². The molecule has 0 spiro atoms. The van der Waals surface area contributed by atoms with E-state index in [9.17, 15) is 43.2 Å². The van der Waals surface area contributed by atoms with Gasteiger partial charge in [-0.3, -0.25) is 0 Å². The van der Waals surface area contributed by atoms with E-state index in [2.05, 4.69) is 0 Å². The van der Waals surface area contributed by atoms with Gasteiger partial charge >= 0.3 is 146 Å². The summed E-state index contributed by atoms with van der Waals surface area (Å²) in [6.45, 7) is -7.02. The van der Waals surface area contributed by atoms with Gasteiger partial charge in [0.2, 0.25) is 0 Å². The fraction of sp³-hybridized carbons (Fsp3) is 1.00. The first-order valence-electron chi connectivity index (χ1n) is 7.27. The molecule has 2 aliphatic rings. The fourth-order valence-electron chi connectivity index (χ4n) is 4.10. The number of rotatable bonds is 4. The van der Waals surface area contributed by atoms with Crippen molar-refractivity contribution in [1.29, 1.82) is 0 Å². The Kier molecular flexibility index (Phi) is 4.72. The molecule has 2 rings (SSSR count). The van der Waals surface area contributed by atoms with Gasteiger partial charge in [0.15, 0.2) is 0 Å². The number of halogens is 6. The molecular weight excluding hydrogens is 456 g/mol. The van der Waals surface area contributed by atoms with Gasteiger partial charge in [-0.15, -0.1) is 0 Å². The van der Waals surface area contributed by atoms with Crippen LogP contribution in [-0.4, -0.2) is 65.8 Å². The van der Waals surface area contributed by atoms with E-state index in [1.54, 1.807) is 0 Å². The van der Waals surface area contributed by atoms with E-state index in [4.69, 9.17) is 7.94 Å². The zero-order valence-electron chi connectivity index (χ0n) is 13.7. The van der Waals surface area contributed by atoms with Crippen molar-refractivity contribution in [2.45, 2.75) is 23.9 Å². The predicted octanol–water partition coefficient (Wildman–Crippen LogP) is 3.64. The topological polar surface area (TPSA) is 86.7 Å². The molecule has 0 unspecified atom stereocenters. The molecule has 2 aliphatic heterocycles. The molecule has 6 nitrogen and oxygen atoms in total. The van der Waals surface area contributed by atoms with Crippen molar-refractivity contribution >= 4 is 33.3 Å². The van der Waals surface area contributed by atoms with Crippen LogP contribution >= 0.6 is 13.0 Å². The van der Waals surface area contributed by atoms with Crippen LogP contribution in [0.2, 0.25) is 0 Å². The molecular formula is C10H18F6O6P2S2. The first-order chi connectivity index (χ1) is 11.2. The molecule has 26 heavy (non-hydrogen) atoms. The molecule has 0 aliphatic carbocycles. The summed E-state index contributed by atoms with van der Waals surface area (Å²) < 4.78 is 133. The molecule has 0 N–H and O–H groups in total. The van der Waals surface area contributed by atoms with Gasteiger partial charge in [0.05, 0.1) is 0 Å². The number of hydrogen-bond donors (Lipinski definition) is 0. The second-order valence-electron chi connectivity index (χ2n) is 7.27. The van der Waals surface area contributed by atoms with Gasteiger partial charge in [0.1, 0.15) is 0 Å². The average Bonchev–Trinajstić information content (AvgIpc) is 2.66. The van der Waals surface area contributed by atoms with Crippen LogP contribution in [0.3, 0.4) is 0 Å². The van der Waals surface area contributed by atoms with E-state index >= 15 is 0 Å².